The fraction of sp³-hybridized carbons (Fsp3) is 0.607. The molecule has 0 aromatic heterocycles. The summed E-state index contributed by atoms with van der Waals surface area (Å²) in [7, 11) is 2.52. The highest BCUT2D eigenvalue weighted by molar-refractivity contribution is 6.03. The van der Waals surface area contributed by atoms with E-state index in [1.165, 1.54) is 97.0 Å². The monoisotopic (exact) mass is 476 g/mol. The molecule has 0 unspecified atom stereocenters. The van der Waals surface area contributed by atoms with Crippen molar-refractivity contribution < 1.29 is 28.6 Å². The topological polar surface area (TPSA) is 78.9 Å². The highest BCUT2D eigenvalue weighted by Crippen LogP contribution is 2.12. The van der Waals surface area contributed by atoms with Gasteiger partial charge in [-0.05, 0) is 25.5 Å². The molecule has 0 aliphatic heterocycles. The average molecular weight is 477 g/mol. The Bertz CT molecular complexity index is 690. The van der Waals surface area contributed by atoms with Crippen LogP contribution in [0.1, 0.15) is 112 Å². The lowest BCUT2D eigenvalue weighted by Crippen LogP contribution is -2.11. The largest absolute Gasteiger partial charge is 0.465 e. The molecule has 34 heavy (non-hydrogen) atoms. The van der Waals surface area contributed by atoms with Gasteiger partial charge >= 0.3 is 17.9 Å². The number of hydrogen-bond acceptors (Lipinski definition) is 6. The maximum absolute atomic E-state index is 11.2. The van der Waals surface area contributed by atoms with Crippen LogP contribution in [0.25, 0.3) is 0 Å². The third-order valence-corrected chi connectivity index (χ3v) is 5.32. The number of carbonyl (C=O) groups is 3. The Morgan fingerprint density at radius 2 is 1.09 bits per heavy atom. The second kappa shape index (κ2) is 20.9. The first-order chi connectivity index (χ1) is 16.4. The van der Waals surface area contributed by atoms with E-state index in [0.717, 1.165) is 6.42 Å². The standard InChI is InChI=1S/C18H34O2.C10H10O4/c1-4-5-6-7-8-9-10-11-12-13-14-15-16-20-18(19)17(2)3;1-13-9(11)7-5-3-4-6-8(7)10(12)14-2/h2,4-16H2,1,3H3;3-6H,1-2H3. The lowest BCUT2D eigenvalue weighted by molar-refractivity contribution is -0.139. The van der Waals surface area contributed by atoms with Crippen molar-refractivity contribution in [2.75, 3.05) is 20.8 Å². The van der Waals surface area contributed by atoms with Crippen LogP contribution in [0.4, 0.5) is 0 Å². The van der Waals surface area contributed by atoms with E-state index in [2.05, 4.69) is 23.0 Å². The summed E-state index contributed by atoms with van der Waals surface area (Å²) in [5, 5.41) is 0. The molecular weight excluding hydrogens is 432 g/mol. The Morgan fingerprint density at radius 3 is 1.44 bits per heavy atom. The molecule has 0 atom stereocenters. The van der Waals surface area contributed by atoms with Crippen molar-refractivity contribution in [3.63, 3.8) is 0 Å². The van der Waals surface area contributed by atoms with Crippen LogP contribution in [-0.4, -0.2) is 38.7 Å². The van der Waals surface area contributed by atoms with E-state index in [1.807, 2.05) is 0 Å². The molecule has 0 spiro atoms. The lowest BCUT2D eigenvalue weighted by atomic mass is 10.1. The second-order valence-corrected chi connectivity index (χ2v) is 8.33. The van der Waals surface area contributed by atoms with Crippen LogP contribution in [0.2, 0.25) is 0 Å². The Labute approximate surface area is 206 Å². The summed E-state index contributed by atoms with van der Waals surface area (Å²) in [6, 6.07) is 6.33. The van der Waals surface area contributed by atoms with E-state index >= 15 is 0 Å². The number of rotatable bonds is 16. The van der Waals surface area contributed by atoms with Crippen molar-refractivity contribution >= 4 is 17.9 Å². The minimum atomic E-state index is -0.550. The number of esters is 3. The normalized spacial score (nSPS) is 10.0. The molecule has 6 heteroatoms. The molecule has 0 N–H and O–H groups in total. The van der Waals surface area contributed by atoms with Crippen molar-refractivity contribution in [3.8, 4) is 0 Å². The number of hydrogen-bond donors (Lipinski definition) is 0. The van der Waals surface area contributed by atoms with Crippen molar-refractivity contribution in [2.24, 2.45) is 0 Å². The predicted molar refractivity (Wildman–Crippen MR) is 136 cm³/mol. The Morgan fingerprint density at radius 1 is 0.706 bits per heavy atom. The molecule has 0 fully saturated rings. The average Bonchev–Trinajstić information content (AvgIpc) is 2.86. The quantitative estimate of drug-likeness (QED) is 0.110. The fourth-order valence-corrected chi connectivity index (χ4v) is 3.29. The van der Waals surface area contributed by atoms with Crippen LogP contribution in [0.5, 0.6) is 0 Å². The van der Waals surface area contributed by atoms with Gasteiger partial charge in [-0.25, -0.2) is 14.4 Å². The zero-order valence-corrected chi connectivity index (χ0v) is 21.7. The van der Waals surface area contributed by atoms with E-state index in [-0.39, 0.29) is 17.1 Å². The number of ether oxygens (including phenoxy) is 3. The molecule has 0 aliphatic rings. The Balaban J connectivity index is 0.000000679. The summed E-state index contributed by atoms with van der Waals surface area (Å²) in [5.74, 6) is -1.36. The predicted octanol–water partition coefficient (Wildman–Crippen LogP) is 7.07. The molecule has 0 saturated heterocycles. The molecular formula is C28H44O6. The maximum Gasteiger partial charge on any atom is 0.338 e. The molecule has 0 heterocycles. The maximum atomic E-state index is 11.2. The minimum Gasteiger partial charge on any atom is -0.465 e. The number of benzene rings is 1. The third-order valence-electron chi connectivity index (χ3n) is 5.32. The van der Waals surface area contributed by atoms with Gasteiger partial charge in [-0.2, -0.15) is 0 Å². The first kappa shape index (κ1) is 31.4. The summed E-state index contributed by atoms with van der Waals surface area (Å²) >= 11 is 0. The van der Waals surface area contributed by atoms with Crippen molar-refractivity contribution in [3.05, 3.63) is 47.5 Å². The van der Waals surface area contributed by atoms with Gasteiger partial charge in [0, 0.05) is 5.57 Å². The van der Waals surface area contributed by atoms with Gasteiger partial charge in [-0.1, -0.05) is 96.3 Å². The van der Waals surface area contributed by atoms with Crippen molar-refractivity contribution in [1.29, 1.82) is 0 Å². The van der Waals surface area contributed by atoms with Gasteiger partial charge in [0.25, 0.3) is 0 Å². The van der Waals surface area contributed by atoms with Crippen LogP contribution >= 0.6 is 0 Å². The van der Waals surface area contributed by atoms with E-state index in [0.29, 0.717) is 12.2 Å². The van der Waals surface area contributed by atoms with Gasteiger partial charge < -0.3 is 14.2 Å². The minimum absolute atomic E-state index is 0.210. The van der Waals surface area contributed by atoms with Crippen LogP contribution in [0.15, 0.2) is 36.4 Å². The summed E-state index contributed by atoms with van der Waals surface area (Å²) < 4.78 is 14.1. The molecule has 1 aromatic rings. The Kier molecular flexibility index (Phi) is 19.3. The number of methoxy groups -OCH3 is 2. The SMILES string of the molecule is C=C(C)C(=O)OCCCCCCCCCCCCCC.COC(=O)c1ccccc1C(=O)OC. The molecule has 1 rings (SSSR count). The summed E-state index contributed by atoms with van der Waals surface area (Å²) in [4.78, 5) is 33.6. The molecule has 0 bridgehead atoms. The van der Waals surface area contributed by atoms with Crippen LogP contribution < -0.4 is 0 Å². The van der Waals surface area contributed by atoms with Crippen LogP contribution in [0, 0.1) is 0 Å². The summed E-state index contributed by atoms with van der Waals surface area (Å²) in [6.45, 7) is 8.05. The van der Waals surface area contributed by atoms with Gasteiger partial charge in [0.05, 0.1) is 32.0 Å². The second-order valence-electron chi connectivity index (χ2n) is 8.33. The smallest absolute Gasteiger partial charge is 0.338 e. The lowest BCUT2D eigenvalue weighted by Gasteiger charge is -2.04. The molecule has 0 saturated carbocycles. The van der Waals surface area contributed by atoms with E-state index in [9.17, 15) is 14.4 Å². The van der Waals surface area contributed by atoms with Gasteiger partial charge in [0.15, 0.2) is 0 Å². The third kappa shape index (κ3) is 15.3. The van der Waals surface area contributed by atoms with Gasteiger partial charge in [0.2, 0.25) is 0 Å². The molecule has 6 nitrogen and oxygen atoms in total. The highest BCUT2D eigenvalue weighted by atomic mass is 16.5. The van der Waals surface area contributed by atoms with Crippen molar-refractivity contribution in [1.82, 2.24) is 0 Å². The summed E-state index contributed by atoms with van der Waals surface area (Å²) in [5.41, 5.74) is 0.910. The number of unbranched alkanes of at least 4 members (excludes halogenated alkanes) is 11. The first-order valence-electron chi connectivity index (χ1n) is 12.5. The van der Waals surface area contributed by atoms with Crippen molar-refractivity contribution in [2.45, 2.75) is 90.9 Å². The highest BCUT2D eigenvalue weighted by Gasteiger charge is 2.16. The fourth-order valence-electron chi connectivity index (χ4n) is 3.29. The van der Waals surface area contributed by atoms with Gasteiger partial charge in [0.1, 0.15) is 0 Å². The molecule has 0 radical (unpaired) electrons. The van der Waals surface area contributed by atoms with Crippen LogP contribution in [-0.2, 0) is 19.0 Å². The van der Waals surface area contributed by atoms with E-state index in [1.54, 1.807) is 19.1 Å². The van der Waals surface area contributed by atoms with E-state index in [4.69, 9.17) is 4.74 Å². The van der Waals surface area contributed by atoms with Gasteiger partial charge in [-0.3, -0.25) is 0 Å². The molecule has 0 amide bonds. The Hall–Kier alpha value is -2.63. The van der Waals surface area contributed by atoms with E-state index < -0.39 is 11.9 Å². The molecule has 192 valence electrons. The zero-order valence-electron chi connectivity index (χ0n) is 21.7. The molecule has 1 aromatic carbocycles. The van der Waals surface area contributed by atoms with Gasteiger partial charge in [-0.15, -0.1) is 0 Å². The summed E-state index contributed by atoms with van der Waals surface area (Å²) in [6.07, 6.45) is 15.9. The number of carbonyl (C=O) groups excluding carboxylic acids is 3. The van der Waals surface area contributed by atoms with Crippen LogP contribution in [0.3, 0.4) is 0 Å². The first-order valence-corrected chi connectivity index (χ1v) is 12.5. The zero-order chi connectivity index (χ0) is 25.6. The molecule has 0 aliphatic carbocycles.